The second-order valence-corrected chi connectivity index (χ2v) is 3.52. The number of anilines is 3. The van der Waals surface area contributed by atoms with Crippen LogP contribution in [-0.2, 0) is 6.54 Å². The van der Waals surface area contributed by atoms with Crippen molar-refractivity contribution >= 4 is 17.6 Å². The number of hydrogen-bond acceptors (Lipinski definition) is 5. The normalized spacial score (nSPS) is 10.2. The van der Waals surface area contributed by atoms with E-state index in [0.717, 1.165) is 5.56 Å². The Balaban J connectivity index is 2.04. The van der Waals surface area contributed by atoms with Gasteiger partial charge in [-0.2, -0.15) is 9.97 Å². The number of aromatic nitrogens is 2. The molecule has 0 saturated carbocycles. The maximum atomic E-state index is 12.7. The summed E-state index contributed by atoms with van der Waals surface area (Å²) in [6.07, 6.45) is 0. The van der Waals surface area contributed by atoms with Gasteiger partial charge in [0.05, 0.1) is 0 Å². The third kappa shape index (κ3) is 3.04. The molecule has 0 aliphatic rings. The summed E-state index contributed by atoms with van der Waals surface area (Å²) in [5, 5.41) is 3.03. The van der Waals surface area contributed by atoms with Crippen LogP contribution in [0.25, 0.3) is 0 Å². The van der Waals surface area contributed by atoms with Crippen molar-refractivity contribution in [2.45, 2.75) is 6.54 Å². The van der Waals surface area contributed by atoms with Crippen LogP contribution < -0.4 is 16.8 Å². The fraction of sp³-hybridized carbons (Fsp3) is 0.0909. The molecule has 0 aliphatic carbocycles. The third-order valence-electron chi connectivity index (χ3n) is 2.15. The summed E-state index contributed by atoms with van der Waals surface area (Å²) < 4.78 is 12.7. The van der Waals surface area contributed by atoms with Crippen molar-refractivity contribution in [1.29, 1.82) is 0 Å². The molecule has 1 aromatic carbocycles. The fourth-order valence-electron chi connectivity index (χ4n) is 1.37. The molecule has 0 atom stereocenters. The minimum absolute atomic E-state index is 0.117. The van der Waals surface area contributed by atoms with Crippen LogP contribution in [0.5, 0.6) is 0 Å². The van der Waals surface area contributed by atoms with Crippen LogP contribution in [0, 0.1) is 5.82 Å². The smallest absolute Gasteiger partial charge is 0.223 e. The van der Waals surface area contributed by atoms with Gasteiger partial charge in [-0.05, 0) is 17.7 Å². The van der Waals surface area contributed by atoms with Crippen molar-refractivity contribution in [3.8, 4) is 0 Å². The first-order valence-corrected chi connectivity index (χ1v) is 5.02. The van der Waals surface area contributed by atoms with E-state index >= 15 is 0 Å². The Hall–Kier alpha value is -2.37. The molecule has 1 heterocycles. The second-order valence-electron chi connectivity index (χ2n) is 3.52. The molecule has 2 rings (SSSR count). The molecule has 5 nitrogen and oxygen atoms in total. The van der Waals surface area contributed by atoms with E-state index in [-0.39, 0.29) is 11.8 Å². The Morgan fingerprint density at radius 3 is 2.47 bits per heavy atom. The minimum Gasteiger partial charge on any atom is -0.383 e. The number of benzene rings is 1. The van der Waals surface area contributed by atoms with Crippen LogP contribution in [-0.4, -0.2) is 9.97 Å². The predicted octanol–water partition coefficient (Wildman–Crippen LogP) is 1.39. The molecular formula is C11H12FN5. The zero-order valence-electron chi connectivity index (χ0n) is 9.02. The second kappa shape index (κ2) is 4.65. The van der Waals surface area contributed by atoms with Crippen molar-refractivity contribution in [3.05, 3.63) is 41.7 Å². The Labute approximate surface area is 97.7 Å². The predicted molar refractivity (Wildman–Crippen MR) is 64.6 cm³/mol. The summed E-state index contributed by atoms with van der Waals surface area (Å²) >= 11 is 0. The zero-order valence-corrected chi connectivity index (χ0v) is 9.02. The Morgan fingerprint density at radius 2 is 1.82 bits per heavy atom. The summed E-state index contributed by atoms with van der Waals surface area (Å²) in [7, 11) is 0. The highest BCUT2D eigenvalue weighted by atomic mass is 19.1. The lowest BCUT2D eigenvalue weighted by atomic mass is 10.2. The quantitative estimate of drug-likeness (QED) is 0.745. The van der Waals surface area contributed by atoms with Gasteiger partial charge in [0.15, 0.2) is 0 Å². The Kier molecular flexibility index (Phi) is 3.04. The van der Waals surface area contributed by atoms with Gasteiger partial charge in [0, 0.05) is 12.6 Å². The first kappa shape index (κ1) is 11.1. The van der Waals surface area contributed by atoms with Gasteiger partial charge in [0.25, 0.3) is 0 Å². The van der Waals surface area contributed by atoms with E-state index < -0.39 is 0 Å². The van der Waals surface area contributed by atoms with Crippen LogP contribution in [0.4, 0.5) is 22.0 Å². The van der Waals surface area contributed by atoms with Crippen molar-refractivity contribution in [2.75, 3.05) is 16.8 Å². The van der Waals surface area contributed by atoms with Gasteiger partial charge in [0.2, 0.25) is 5.95 Å². The van der Waals surface area contributed by atoms with Crippen molar-refractivity contribution in [1.82, 2.24) is 9.97 Å². The minimum atomic E-state index is -0.260. The lowest BCUT2D eigenvalue weighted by molar-refractivity contribution is 0.627. The van der Waals surface area contributed by atoms with Gasteiger partial charge >= 0.3 is 0 Å². The summed E-state index contributed by atoms with van der Waals surface area (Å²) in [6, 6.07) is 7.77. The number of nitrogens with two attached hydrogens (primary N) is 2. The van der Waals surface area contributed by atoms with Gasteiger partial charge < -0.3 is 16.8 Å². The Morgan fingerprint density at radius 1 is 1.12 bits per heavy atom. The van der Waals surface area contributed by atoms with E-state index in [9.17, 15) is 4.39 Å². The molecule has 0 radical (unpaired) electrons. The molecule has 0 unspecified atom stereocenters. The van der Waals surface area contributed by atoms with E-state index in [1.807, 2.05) is 0 Å². The average Bonchev–Trinajstić information content (AvgIpc) is 2.27. The number of hydrogen-bond donors (Lipinski definition) is 3. The molecule has 6 heteroatoms. The van der Waals surface area contributed by atoms with Crippen LogP contribution in [0.3, 0.4) is 0 Å². The Bertz CT molecular complexity index is 492. The lowest BCUT2D eigenvalue weighted by Gasteiger charge is -2.06. The van der Waals surface area contributed by atoms with Gasteiger partial charge in [0.1, 0.15) is 17.5 Å². The number of nitrogens with zero attached hydrogens (tertiary/aromatic N) is 2. The first-order chi connectivity index (χ1) is 8.13. The number of nitrogen functional groups attached to an aromatic ring is 2. The van der Waals surface area contributed by atoms with Gasteiger partial charge in [-0.25, -0.2) is 4.39 Å². The third-order valence-corrected chi connectivity index (χ3v) is 2.15. The van der Waals surface area contributed by atoms with Crippen LogP contribution in [0.2, 0.25) is 0 Å². The molecule has 88 valence electrons. The molecule has 5 N–H and O–H groups in total. The summed E-state index contributed by atoms with van der Waals surface area (Å²) in [5.41, 5.74) is 11.9. The van der Waals surface area contributed by atoms with Gasteiger partial charge in [-0.15, -0.1) is 0 Å². The topological polar surface area (TPSA) is 89.8 Å². The van der Waals surface area contributed by atoms with Crippen LogP contribution >= 0.6 is 0 Å². The van der Waals surface area contributed by atoms with E-state index in [1.54, 1.807) is 18.2 Å². The molecule has 0 fully saturated rings. The number of nitrogens with one attached hydrogen (secondary N) is 1. The van der Waals surface area contributed by atoms with Gasteiger partial charge in [-0.3, -0.25) is 0 Å². The maximum absolute atomic E-state index is 12.7. The molecule has 2 aromatic rings. The highest BCUT2D eigenvalue weighted by molar-refractivity contribution is 5.48. The summed E-state index contributed by atoms with van der Waals surface area (Å²) in [4.78, 5) is 7.72. The number of rotatable bonds is 3. The fourth-order valence-corrected chi connectivity index (χ4v) is 1.37. The molecular weight excluding hydrogens is 221 g/mol. The molecule has 0 aliphatic heterocycles. The molecule has 0 spiro atoms. The monoisotopic (exact) mass is 233 g/mol. The zero-order chi connectivity index (χ0) is 12.3. The lowest BCUT2D eigenvalue weighted by Crippen LogP contribution is -2.06. The van der Waals surface area contributed by atoms with E-state index in [1.165, 1.54) is 12.1 Å². The average molecular weight is 233 g/mol. The molecule has 17 heavy (non-hydrogen) atoms. The summed E-state index contributed by atoms with van der Waals surface area (Å²) in [6.45, 7) is 0.510. The van der Waals surface area contributed by atoms with E-state index in [2.05, 4.69) is 15.3 Å². The molecule has 0 saturated heterocycles. The number of halogens is 1. The molecule has 1 aromatic heterocycles. The van der Waals surface area contributed by atoms with E-state index in [0.29, 0.717) is 18.2 Å². The highest BCUT2D eigenvalue weighted by Crippen LogP contribution is 2.11. The van der Waals surface area contributed by atoms with Gasteiger partial charge in [-0.1, -0.05) is 12.1 Å². The van der Waals surface area contributed by atoms with Crippen molar-refractivity contribution in [2.24, 2.45) is 0 Å². The first-order valence-electron chi connectivity index (χ1n) is 5.02. The van der Waals surface area contributed by atoms with Crippen LogP contribution in [0.1, 0.15) is 5.56 Å². The molecule has 0 bridgehead atoms. The van der Waals surface area contributed by atoms with Crippen molar-refractivity contribution in [3.63, 3.8) is 0 Å². The highest BCUT2D eigenvalue weighted by Gasteiger charge is 1.99. The molecule has 0 amide bonds. The van der Waals surface area contributed by atoms with E-state index in [4.69, 9.17) is 11.5 Å². The van der Waals surface area contributed by atoms with Crippen molar-refractivity contribution < 1.29 is 4.39 Å². The maximum Gasteiger partial charge on any atom is 0.223 e. The van der Waals surface area contributed by atoms with Crippen LogP contribution in [0.15, 0.2) is 30.3 Å². The SMILES string of the molecule is Nc1cc(NCc2ccc(F)cc2)nc(N)n1. The summed E-state index contributed by atoms with van der Waals surface area (Å²) in [5.74, 6) is 0.703. The largest absolute Gasteiger partial charge is 0.383 e. The standard InChI is InChI=1S/C11H12FN5/c12-8-3-1-7(2-4-8)6-15-10-5-9(13)16-11(14)17-10/h1-5H,6H2,(H5,13,14,15,16,17).